The summed E-state index contributed by atoms with van der Waals surface area (Å²) < 4.78 is 0. The third-order valence-corrected chi connectivity index (χ3v) is 2.75. The molecule has 0 spiro atoms. The van der Waals surface area contributed by atoms with Crippen molar-refractivity contribution in [1.29, 1.82) is 0 Å². The Morgan fingerprint density at radius 3 is 2.86 bits per heavy atom. The maximum absolute atomic E-state index is 10.7. The molecule has 1 aromatic rings. The van der Waals surface area contributed by atoms with Gasteiger partial charge < -0.3 is 10.8 Å². The van der Waals surface area contributed by atoms with Crippen LogP contribution in [0.15, 0.2) is 5.16 Å². The molecule has 1 aromatic heterocycles. The van der Waals surface area contributed by atoms with Gasteiger partial charge in [-0.1, -0.05) is 11.8 Å². The predicted molar refractivity (Wildman–Crippen MR) is 52.1 cm³/mol. The average Bonchev–Trinajstić information content (AvgIpc) is 2.48. The number of aromatic amines is 1. The van der Waals surface area contributed by atoms with Gasteiger partial charge in [0.2, 0.25) is 5.16 Å². The summed E-state index contributed by atoms with van der Waals surface area (Å²) in [4.78, 5) is 14.7. The highest BCUT2D eigenvalue weighted by atomic mass is 32.2. The summed E-state index contributed by atoms with van der Waals surface area (Å²) in [6.07, 6.45) is 0. The maximum Gasteiger partial charge on any atom is 0.324 e. The number of rotatable bonds is 4. The molecule has 1 atom stereocenters. The van der Waals surface area contributed by atoms with E-state index in [1.165, 1.54) is 18.7 Å². The molecule has 7 heteroatoms. The van der Waals surface area contributed by atoms with E-state index in [0.717, 1.165) is 0 Å². The minimum Gasteiger partial charge on any atom is -0.480 e. The van der Waals surface area contributed by atoms with E-state index in [4.69, 9.17) is 10.8 Å². The van der Waals surface area contributed by atoms with Crippen LogP contribution in [0.25, 0.3) is 0 Å². The van der Waals surface area contributed by atoms with Gasteiger partial charge in [-0.3, -0.25) is 9.89 Å². The Labute approximate surface area is 85.3 Å². The van der Waals surface area contributed by atoms with Crippen LogP contribution in [0.3, 0.4) is 0 Å². The maximum atomic E-state index is 10.7. The standard InChI is InChI=1S/C7H12N4O2S/c1-4-9-6(11-10-4)14-3-7(2,8)5(12)13/h3,8H2,1-2H3,(H,12,13)(H,9,10,11). The number of nitrogens with one attached hydrogen (secondary N) is 1. The molecule has 1 rings (SSSR count). The number of H-pyrrole nitrogens is 1. The Bertz CT molecular complexity index is 336. The van der Waals surface area contributed by atoms with E-state index in [0.29, 0.717) is 11.0 Å². The van der Waals surface area contributed by atoms with Gasteiger partial charge in [0, 0.05) is 5.75 Å². The number of hydrogen-bond acceptors (Lipinski definition) is 5. The molecule has 14 heavy (non-hydrogen) atoms. The Kier molecular flexibility index (Phi) is 3.12. The third-order valence-electron chi connectivity index (χ3n) is 1.57. The summed E-state index contributed by atoms with van der Waals surface area (Å²) in [6, 6.07) is 0. The van der Waals surface area contributed by atoms with Gasteiger partial charge in [-0.2, -0.15) is 0 Å². The largest absolute Gasteiger partial charge is 0.480 e. The third kappa shape index (κ3) is 2.71. The van der Waals surface area contributed by atoms with E-state index in [-0.39, 0.29) is 5.75 Å². The van der Waals surface area contributed by atoms with Gasteiger partial charge in [0.25, 0.3) is 0 Å². The van der Waals surface area contributed by atoms with Gasteiger partial charge in [-0.05, 0) is 13.8 Å². The van der Waals surface area contributed by atoms with Gasteiger partial charge in [-0.15, -0.1) is 5.10 Å². The van der Waals surface area contributed by atoms with Crippen LogP contribution in [0.1, 0.15) is 12.7 Å². The van der Waals surface area contributed by atoms with Crippen molar-refractivity contribution in [2.45, 2.75) is 24.5 Å². The van der Waals surface area contributed by atoms with E-state index in [1.54, 1.807) is 6.92 Å². The number of aryl methyl sites for hydroxylation is 1. The molecule has 0 saturated carbocycles. The molecular formula is C7H12N4O2S. The second-order valence-electron chi connectivity index (χ2n) is 3.21. The minimum absolute atomic E-state index is 0.236. The van der Waals surface area contributed by atoms with Gasteiger partial charge in [0.05, 0.1) is 0 Å². The molecule has 1 heterocycles. The summed E-state index contributed by atoms with van der Waals surface area (Å²) >= 11 is 1.22. The molecule has 0 bridgehead atoms. The highest BCUT2D eigenvalue weighted by Crippen LogP contribution is 2.17. The first kappa shape index (κ1) is 11.0. The van der Waals surface area contributed by atoms with Crippen LogP contribution in [0, 0.1) is 6.92 Å². The molecule has 1 unspecified atom stereocenters. The number of hydrogen-bond donors (Lipinski definition) is 3. The molecule has 0 amide bonds. The minimum atomic E-state index is -1.25. The van der Waals surface area contributed by atoms with Crippen molar-refractivity contribution in [2.75, 3.05) is 5.75 Å². The smallest absolute Gasteiger partial charge is 0.324 e. The Morgan fingerprint density at radius 2 is 2.43 bits per heavy atom. The average molecular weight is 216 g/mol. The number of aliphatic carboxylic acids is 1. The fourth-order valence-corrected chi connectivity index (χ4v) is 1.53. The van der Waals surface area contributed by atoms with E-state index in [2.05, 4.69) is 15.2 Å². The monoisotopic (exact) mass is 216 g/mol. The normalized spacial score (nSPS) is 15.1. The number of carbonyl (C=O) groups is 1. The first-order valence-electron chi connectivity index (χ1n) is 3.96. The summed E-state index contributed by atoms with van der Waals surface area (Å²) in [5.74, 6) is -0.0987. The van der Waals surface area contributed by atoms with E-state index in [1.807, 2.05) is 0 Å². The zero-order chi connectivity index (χ0) is 10.8. The topological polar surface area (TPSA) is 105 Å². The Hall–Kier alpha value is -1.08. The van der Waals surface area contributed by atoms with E-state index in [9.17, 15) is 4.79 Å². The lowest BCUT2D eigenvalue weighted by Gasteiger charge is -2.16. The molecule has 0 saturated heterocycles. The first-order valence-corrected chi connectivity index (χ1v) is 4.94. The van der Waals surface area contributed by atoms with Crippen molar-refractivity contribution in [2.24, 2.45) is 5.73 Å². The number of aromatic nitrogens is 3. The molecular weight excluding hydrogens is 204 g/mol. The number of nitrogens with two attached hydrogens (primary N) is 1. The van der Waals surface area contributed by atoms with Gasteiger partial charge in [-0.25, -0.2) is 4.98 Å². The van der Waals surface area contributed by atoms with Crippen molar-refractivity contribution in [3.63, 3.8) is 0 Å². The second kappa shape index (κ2) is 3.97. The van der Waals surface area contributed by atoms with Crippen LogP contribution >= 0.6 is 11.8 Å². The molecule has 78 valence electrons. The molecule has 0 aliphatic rings. The quantitative estimate of drug-likeness (QED) is 0.612. The van der Waals surface area contributed by atoms with Crippen molar-refractivity contribution < 1.29 is 9.90 Å². The molecule has 0 aliphatic carbocycles. The lowest BCUT2D eigenvalue weighted by atomic mass is 10.1. The van der Waals surface area contributed by atoms with Crippen LogP contribution < -0.4 is 5.73 Å². The van der Waals surface area contributed by atoms with Crippen molar-refractivity contribution in [3.8, 4) is 0 Å². The number of carboxylic acids is 1. The molecule has 0 fully saturated rings. The highest BCUT2D eigenvalue weighted by Gasteiger charge is 2.28. The van der Waals surface area contributed by atoms with Gasteiger partial charge in [0.1, 0.15) is 11.4 Å². The van der Waals surface area contributed by atoms with Crippen LogP contribution in [-0.2, 0) is 4.79 Å². The van der Waals surface area contributed by atoms with Crippen LogP contribution in [0.5, 0.6) is 0 Å². The molecule has 0 aliphatic heterocycles. The fourth-order valence-electron chi connectivity index (χ4n) is 0.663. The van der Waals surface area contributed by atoms with Crippen LogP contribution in [0.4, 0.5) is 0 Å². The van der Waals surface area contributed by atoms with Crippen LogP contribution in [0.2, 0.25) is 0 Å². The Morgan fingerprint density at radius 1 is 1.79 bits per heavy atom. The first-order chi connectivity index (χ1) is 6.42. The molecule has 0 aromatic carbocycles. The SMILES string of the molecule is Cc1nc(SCC(C)(N)C(=O)O)n[nH]1. The Balaban J connectivity index is 2.52. The number of nitrogens with zero attached hydrogens (tertiary/aromatic N) is 2. The van der Waals surface area contributed by atoms with E-state index >= 15 is 0 Å². The molecule has 0 radical (unpaired) electrons. The van der Waals surface area contributed by atoms with Crippen molar-refractivity contribution in [3.05, 3.63) is 5.82 Å². The lowest BCUT2D eigenvalue weighted by Crippen LogP contribution is -2.47. The number of carboxylic acid groups (broad SMARTS) is 1. The van der Waals surface area contributed by atoms with Gasteiger partial charge in [0.15, 0.2) is 0 Å². The van der Waals surface area contributed by atoms with Gasteiger partial charge >= 0.3 is 5.97 Å². The van der Waals surface area contributed by atoms with E-state index < -0.39 is 11.5 Å². The highest BCUT2D eigenvalue weighted by molar-refractivity contribution is 7.99. The predicted octanol–water partition coefficient (Wildman–Crippen LogP) is 0.00722. The zero-order valence-electron chi connectivity index (χ0n) is 7.94. The molecule has 4 N–H and O–H groups in total. The van der Waals surface area contributed by atoms with Crippen molar-refractivity contribution >= 4 is 17.7 Å². The lowest BCUT2D eigenvalue weighted by molar-refractivity contribution is -0.141. The number of thioether (sulfide) groups is 1. The summed E-state index contributed by atoms with van der Waals surface area (Å²) in [7, 11) is 0. The van der Waals surface area contributed by atoms with Crippen LogP contribution in [-0.4, -0.2) is 37.5 Å². The summed E-state index contributed by atoms with van der Waals surface area (Å²) in [6.45, 7) is 3.23. The summed E-state index contributed by atoms with van der Waals surface area (Å²) in [5.41, 5.74) is 4.28. The second-order valence-corrected chi connectivity index (χ2v) is 4.16. The van der Waals surface area contributed by atoms with Crippen molar-refractivity contribution in [1.82, 2.24) is 15.2 Å². The molecule has 6 nitrogen and oxygen atoms in total. The summed E-state index contributed by atoms with van der Waals surface area (Å²) in [5, 5.41) is 15.8. The zero-order valence-corrected chi connectivity index (χ0v) is 8.76. The fraction of sp³-hybridized carbons (Fsp3) is 0.571.